The summed E-state index contributed by atoms with van der Waals surface area (Å²) in [5, 5.41) is 11.3. The molecule has 1 aliphatic heterocycles. The quantitative estimate of drug-likeness (QED) is 0.674. The lowest BCUT2D eigenvalue weighted by molar-refractivity contribution is -0.140. The van der Waals surface area contributed by atoms with Crippen molar-refractivity contribution in [3.05, 3.63) is 0 Å². The molecule has 1 aliphatic carbocycles. The van der Waals surface area contributed by atoms with Gasteiger partial charge in [0.05, 0.1) is 20.3 Å². The van der Waals surface area contributed by atoms with Crippen LogP contribution in [0, 0.1) is 17.8 Å². The van der Waals surface area contributed by atoms with Crippen LogP contribution in [0.1, 0.15) is 0 Å². The van der Waals surface area contributed by atoms with E-state index in [0.717, 1.165) is 0 Å². The Kier molecular flexibility index (Phi) is 2.52. The topological polar surface area (TPSA) is 84.9 Å². The summed E-state index contributed by atoms with van der Waals surface area (Å²) in [6, 6.07) is -0.851. The molecule has 84 valence electrons. The van der Waals surface area contributed by atoms with E-state index in [4.69, 9.17) is 9.84 Å². The van der Waals surface area contributed by atoms with Gasteiger partial charge in [-0.05, 0) is 11.8 Å². The molecule has 15 heavy (non-hydrogen) atoms. The summed E-state index contributed by atoms with van der Waals surface area (Å²) in [5.41, 5.74) is 0. The summed E-state index contributed by atoms with van der Waals surface area (Å²) in [4.78, 5) is 21.9. The number of ether oxygens (including phenoxy) is 2. The van der Waals surface area contributed by atoms with E-state index in [1.54, 1.807) is 0 Å². The zero-order chi connectivity index (χ0) is 11.0. The van der Waals surface area contributed by atoms with Gasteiger partial charge in [0, 0.05) is 5.92 Å². The Labute approximate surface area is 86.5 Å². The smallest absolute Gasteiger partial charge is 0.407 e. The van der Waals surface area contributed by atoms with Crippen molar-refractivity contribution in [1.29, 1.82) is 0 Å². The number of amides is 1. The third kappa shape index (κ3) is 1.77. The Hall–Kier alpha value is -1.30. The molecule has 0 spiro atoms. The van der Waals surface area contributed by atoms with E-state index in [0.29, 0.717) is 13.2 Å². The van der Waals surface area contributed by atoms with E-state index >= 15 is 0 Å². The molecule has 3 unspecified atom stereocenters. The van der Waals surface area contributed by atoms with E-state index in [1.165, 1.54) is 7.11 Å². The number of aliphatic carboxylic acids is 1. The first-order chi connectivity index (χ1) is 7.15. The zero-order valence-corrected chi connectivity index (χ0v) is 8.30. The summed E-state index contributed by atoms with van der Waals surface area (Å²) < 4.78 is 9.55. The molecule has 6 heteroatoms. The van der Waals surface area contributed by atoms with Crippen LogP contribution in [0.2, 0.25) is 0 Å². The Morgan fingerprint density at radius 2 is 2.07 bits per heavy atom. The first-order valence-electron chi connectivity index (χ1n) is 4.80. The third-order valence-electron chi connectivity index (χ3n) is 3.13. The van der Waals surface area contributed by atoms with Crippen molar-refractivity contribution in [1.82, 2.24) is 5.32 Å². The number of hydrogen-bond acceptors (Lipinski definition) is 4. The molecule has 0 aromatic carbocycles. The highest BCUT2D eigenvalue weighted by Crippen LogP contribution is 2.52. The molecule has 0 aromatic heterocycles. The normalized spacial score (nSPS) is 34.1. The van der Waals surface area contributed by atoms with Crippen molar-refractivity contribution in [2.45, 2.75) is 6.04 Å². The summed E-state index contributed by atoms with van der Waals surface area (Å²) in [5.74, 6) is -0.457. The third-order valence-corrected chi connectivity index (χ3v) is 3.13. The minimum absolute atomic E-state index is 0.00431. The Morgan fingerprint density at radius 3 is 2.53 bits per heavy atom. The van der Waals surface area contributed by atoms with Crippen LogP contribution in [-0.4, -0.2) is 43.5 Å². The first kappa shape index (κ1) is 10.2. The number of carbonyl (C=O) groups is 2. The molecular weight excluding hydrogens is 202 g/mol. The van der Waals surface area contributed by atoms with Crippen LogP contribution in [-0.2, 0) is 14.3 Å². The Bertz CT molecular complexity index is 282. The minimum Gasteiger partial charge on any atom is -0.480 e. The predicted molar refractivity (Wildman–Crippen MR) is 48.3 cm³/mol. The molecule has 2 fully saturated rings. The predicted octanol–water partition coefficient (Wildman–Crippen LogP) is -0.312. The second-order valence-electron chi connectivity index (χ2n) is 3.89. The summed E-state index contributed by atoms with van der Waals surface area (Å²) in [6.07, 6.45) is -0.701. The van der Waals surface area contributed by atoms with Crippen molar-refractivity contribution in [3.63, 3.8) is 0 Å². The molecule has 1 amide bonds. The van der Waals surface area contributed by atoms with Crippen molar-refractivity contribution in [3.8, 4) is 0 Å². The molecule has 2 N–H and O–H groups in total. The van der Waals surface area contributed by atoms with E-state index in [1.807, 2.05) is 0 Å². The molecule has 1 saturated carbocycles. The number of methoxy groups -OCH3 is 1. The van der Waals surface area contributed by atoms with Gasteiger partial charge in [0.2, 0.25) is 0 Å². The number of hydrogen-bond donors (Lipinski definition) is 2. The highest BCUT2D eigenvalue weighted by Gasteiger charge is 2.59. The molecule has 0 bridgehead atoms. The number of carboxylic acids is 1. The van der Waals surface area contributed by atoms with Gasteiger partial charge in [-0.25, -0.2) is 9.59 Å². The van der Waals surface area contributed by atoms with Crippen LogP contribution < -0.4 is 5.32 Å². The molecular formula is C9H13NO5. The lowest BCUT2D eigenvalue weighted by atomic mass is 10.1. The number of fused-ring (bicyclic) bond motifs is 1. The molecule has 0 radical (unpaired) electrons. The van der Waals surface area contributed by atoms with Crippen molar-refractivity contribution >= 4 is 12.1 Å². The van der Waals surface area contributed by atoms with Crippen molar-refractivity contribution in [2.24, 2.45) is 17.8 Å². The monoisotopic (exact) mass is 215 g/mol. The second kappa shape index (κ2) is 3.69. The second-order valence-corrected chi connectivity index (χ2v) is 3.89. The maximum atomic E-state index is 11.0. The Balaban J connectivity index is 1.96. The fraction of sp³-hybridized carbons (Fsp3) is 0.778. The number of nitrogens with one attached hydrogen (secondary N) is 1. The van der Waals surface area contributed by atoms with Crippen molar-refractivity contribution < 1.29 is 24.2 Å². The van der Waals surface area contributed by atoms with E-state index in [9.17, 15) is 9.59 Å². The van der Waals surface area contributed by atoms with Gasteiger partial charge in [0.15, 0.2) is 0 Å². The van der Waals surface area contributed by atoms with Gasteiger partial charge in [0.25, 0.3) is 0 Å². The molecule has 1 heterocycles. The average molecular weight is 215 g/mol. The van der Waals surface area contributed by atoms with Crippen LogP contribution in [0.5, 0.6) is 0 Å². The fourth-order valence-corrected chi connectivity index (χ4v) is 2.29. The number of alkyl carbamates (subject to hydrolysis) is 1. The maximum absolute atomic E-state index is 11.0. The number of carbonyl (C=O) groups excluding carboxylic acids is 1. The van der Waals surface area contributed by atoms with Gasteiger partial charge >= 0.3 is 12.1 Å². The molecule has 6 nitrogen and oxygen atoms in total. The van der Waals surface area contributed by atoms with E-state index < -0.39 is 18.1 Å². The fourth-order valence-electron chi connectivity index (χ4n) is 2.29. The molecule has 1 saturated heterocycles. The van der Waals surface area contributed by atoms with Gasteiger partial charge in [0.1, 0.15) is 6.04 Å². The highest BCUT2D eigenvalue weighted by atomic mass is 16.5. The molecule has 4 atom stereocenters. The summed E-state index contributed by atoms with van der Waals surface area (Å²) in [7, 11) is 1.21. The first-order valence-corrected chi connectivity index (χ1v) is 4.80. The molecule has 0 aromatic rings. The number of rotatable bonds is 3. The maximum Gasteiger partial charge on any atom is 0.407 e. The van der Waals surface area contributed by atoms with Crippen LogP contribution in [0.25, 0.3) is 0 Å². The van der Waals surface area contributed by atoms with Gasteiger partial charge in [-0.1, -0.05) is 0 Å². The van der Waals surface area contributed by atoms with Gasteiger partial charge in [-0.2, -0.15) is 0 Å². The van der Waals surface area contributed by atoms with Gasteiger partial charge in [-0.15, -0.1) is 0 Å². The lowest BCUT2D eigenvalue weighted by Crippen LogP contribution is -2.43. The average Bonchev–Trinajstić information content (AvgIpc) is 2.68. The van der Waals surface area contributed by atoms with Crippen LogP contribution in [0.4, 0.5) is 4.79 Å². The van der Waals surface area contributed by atoms with Crippen LogP contribution >= 0.6 is 0 Å². The van der Waals surface area contributed by atoms with Gasteiger partial charge in [-0.3, -0.25) is 0 Å². The van der Waals surface area contributed by atoms with E-state index in [-0.39, 0.29) is 17.8 Å². The zero-order valence-electron chi connectivity index (χ0n) is 8.30. The lowest BCUT2D eigenvalue weighted by Gasteiger charge is -2.15. The molecule has 2 aliphatic rings. The molecule has 2 rings (SSSR count). The van der Waals surface area contributed by atoms with Gasteiger partial charge < -0.3 is 19.9 Å². The summed E-state index contributed by atoms with van der Waals surface area (Å²) >= 11 is 0. The largest absolute Gasteiger partial charge is 0.480 e. The van der Waals surface area contributed by atoms with E-state index in [2.05, 4.69) is 10.1 Å². The van der Waals surface area contributed by atoms with Crippen LogP contribution in [0.3, 0.4) is 0 Å². The standard InChI is InChI=1S/C9H13NO5/c1-14-9(13)10-7(8(11)12)6-4-2-15-3-5(4)6/h4-7H,2-3H2,1H3,(H,10,13)(H,11,12)/t4-,5?,6?,7?/m1/s1. The Morgan fingerprint density at radius 1 is 1.47 bits per heavy atom. The number of carboxylic acid groups (broad SMARTS) is 1. The minimum atomic E-state index is -1.01. The van der Waals surface area contributed by atoms with Crippen molar-refractivity contribution in [2.75, 3.05) is 20.3 Å². The highest BCUT2D eigenvalue weighted by molar-refractivity contribution is 5.80. The van der Waals surface area contributed by atoms with Crippen LogP contribution in [0.15, 0.2) is 0 Å². The SMILES string of the molecule is COC(=O)NC(C(=O)O)C1C2COC[C@H]21. The summed E-state index contributed by atoms with van der Waals surface area (Å²) in [6.45, 7) is 1.20.